The summed E-state index contributed by atoms with van der Waals surface area (Å²) >= 11 is 0. The van der Waals surface area contributed by atoms with E-state index >= 15 is 0 Å². The fraction of sp³-hybridized carbons (Fsp3) is 0.333. The second-order valence-corrected chi connectivity index (χ2v) is 6.24. The molecule has 24 heavy (non-hydrogen) atoms. The van der Waals surface area contributed by atoms with Crippen LogP contribution in [0.2, 0.25) is 0 Å². The Labute approximate surface area is 145 Å². The Morgan fingerprint density at radius 1 is 0.875 bits per heavy atom. The molecule has 1 aliphatic rings. The van der Waals surface area contributed by atoms with Crippen LogP contribution in [0.4, 0.5) is 0 Å². The number of benzene rings is 2. The van der Waals surface area contributed by atoms with E-state index in [1.165, 1.54) is 11.1 Å². The lowest BCUT2D eigenvalue weighted by molar-refractivity contribution is 0.137. The summed E-state index contributed by atoms with van der Waals surface area (Å²) in [6.45, 7) is 6.59. The molecule has 3 rings (SSSR count). The molecule has 0 bridgehead atoms. The molecular weight excluding hydrogens is 296 g/mol. The molecule has 0 aromatic heterocycles. The van der Waals surface area contributed by atoms with Crippen LogP contribution in [0.1, 0.15) is 11.1 Å². The van der Waals surface area contributed by atoms with Crippen LogP contribution in [0.5, 0.6) is 5.75 Å². The molecule has 1 aliphatic heterocycles. The van der Waals surface area contributed by atoms with Gasteiger partial charge in [0.25, 0.3) is 0 Å². The van der Waals surface area contributed by atoms with E-state index in [-0.39, 0.29) is 0 Å². The highest BCUT2D eigenvalue weighted by molar-refractivity contribution is 5.48. The summed E-state index contributed by atoms with van der Waals surface area (Å²) in [7, 11) is 1.71. The van der Waals surface area contributed by atoms with Gasteiger partial charge in [-0.15, -0.1) is 0 Å². The van der Waals surface area contributed by atoms with Gasteiger partial charge >= 0.3 is 0 Å². The number of rotatable bonds is 6. The van der Waals surface area contributed by atoms with E-state index in [0.717, 1.165) is 45.0 Å². The zero-order valence-electron chi connectivity index (χ0n) is 14.4. The van der Waals surface area contributed by atoms with Gasteiger partial charge in [-0.1, -0.05) is 54.6 Å². The third-order valence-electron chi connectivity index (χ3n) is 4.50. The second kappa shape index (κ2) is 8.67. The summed E-state index contributed by atoms with van der Waals surface area (Å²) in [6, 6.07) is 18.9. The minimum atomic E-state index is 0.925. The largest absolute Gasteiger partial charge is 0.497 e. The van der Waals surface area contributed by atoms with Crippen molar-refractivity contribution < 1.29 is 4.74 Å². The first-order valence-corrected chi connectivity index (χ1v) is 8.63. The predicted octanol–water partition coefficient (Wildman–Crippen LogP) is 3.53. The smallest absolute Gasteiger partial charge is 0.118 e. The molecule has 0 saturated carbocycles. The van der Waals surface area contributed by atoms with Gasteiger partial charge in [-0.25, -0.2) is 0 Å². The van der Waals surface area contributed by atoms with Crippen LogP contribution in [0.25, 0.3) is 6.08 Å². The van der Waals surface area contributed by atoms with Gasteiger partial charge in [-0.2, -0.15) is 0 Å². The summed E-state index contributed by atoms with van der Waals surface area (Å²) in [5.74, 6) is 0.925. The monoisotopic (exact) mass is 322 g/mol. The molecule has 2 aromatic carbocycles. The zero-order valence-corrected chi connectivity index (χ0v) is 14.4. The van der Waals surface area contributed by atoms with Gasteiger partial charge in [0.15, 0.2) is 0 Å². The number of methoxy groups -OCH3 is 1. The van der Waals surface area contributed by atoms with Crippen LogP contribution in [0.3, 0.4) is 0 Å². The lowest BCUT2D eigenvalue weighted by Gasteiger charge is -2.34. The maximum atomic E-state index is 5.22. The summed E-state index contributed by atoms with van der Waals surface area (Å²) in [5.41, 5.74) is 2.63. The Hall–Kier alpha value is -2.10. The first-order chi connectivity index (χ1) is 11.8. The van der Waals surface area contributed by atoms with Crippen molar-refractivity contribution in [3.05, 3.63) is 71.8 Å². The Morgan fingerprint density at radius 2 is 1.54 bits per heavy atom. The maximum absolute atomic E-state index is 5.22. The minimum Gasteiger partial charge on any atom is -0.497 e. The van der Waals surface area contributed by atoms with Crippen molar-refractivity contribution in [3.8, 4) is 5.75 Å². The third kappa shape index (κ3) is 4.95. The molecule has 3 nitrogen and oxygen atoms in total. The predicted molar refractivity (Wildman–Crippen MR) is 100 cm³/mol. The van der Waals surface area contributed by atoms with Gasteiger partial charge in [0.05, 0.1) is 7.11 Å². The first-order valence-electron chi connectivity index (χ1n) is 8.63. The van der Waals surface area contributed by atoms with E-state index in [1.807, 2.05) is 12.1 Å². The highest BCUT2D eigenvalue weighted by atomic mass is 16.5. The van der Waals surface area contributed by atoms with Crippen LogP contribution >= 0.6 is 0 Å². The fourth-order valence-electron chi connectivity index (χ4n) is 3.02. The molecule has 0 spiro atoms. The van der Waals surface area contributed by atoms with Crippen LogP contribution in [0, 0.1) is 0 Å². The molecular formula is C21H26N2O. The first kappa shape index (κ1) is 16.7. The third-order valence-corrected chi connectivity index (χ3v) is 4.50. The van der Waals surface area contributed by atoms with Gasteiger partial charge in [0, 0.05) is 39.3 Å². The van der Waals surface area contributed by atoms with Gasteiger partial charge in [0.1, 0.15) is 5.75 Å². The van der Waals surface area contributed by atoms with E-state index in [4.69, 9.17) is 4.74 Å². The van der Waals surface area contributed by atoms with Crippen LogP contribution in [0.15, 0.2) is 60.7 Å². The summed E-state index contributed by atoms with van der Waals surface area (Å²) in [6.07, 6.45) is 4.48. The molecule has 2 aromatic rings. The maximum Gasteiger partial charge on any atom is 0.118 e. The SMILES string of the molecule is COc1ccc(CN2CCN(CC=Cc3ccccc3)CC2)cc1. The number of hydrogen-bond acceptors (Lipinski definition) is 3. The molecule has 0 unspecified atom stereocenters. The van der Waals surface area contributed by atoms with E-state index in [9.17, 15) is 0 Å². The molecule has 0 N–H and O–H groups in total. The number of hydrogen-bond donors (Lipinski definition) is 0. The molecule has 0 atom stereocenters. The van der Waals surface area contributed by atoms with Crippen molar-refractivity contribution in [3.63, 3.8) is 0 Å². The normalized spacial score (nSPS) is 16.5. The average Bonchev–Trinajstić information content (AvgIpc) is 2.65. The number of ether oxygens (including phenoxy) is 1. The Bertz CT molecular complexity index is 629. The van der Waals surface area contributed by atoms with Crippen molar-refractivity contribution in [2.24, 2.45) is 0 Å². The standard InChI is InChI=1S/C21H26N2O/c1-24-21-11-9-20(10-12-21)18-23-16-14-22(15-17-23)13-5-8-19-6-3-2-4-7-19/h2-12H,13-18H2,1H3. The zero-order chi connectivity index (χ0) is 16.6. The topological polar surface area (TPSA) is 15.7 Å². The van der Waals surface area contributed by atoms with Gasteiger partial charge in [-0.05, 0) is 23.3 Å². The van der Waals surface area contributed by atoms with Crippen LogP contribution in [-0.4, -0.2) is 49.6 Å². The van der Waals surface area contributed by atoms with Gasteiger partial charge in [0.2, 0.25) is 0 Å². The lowest BCUT2D eigenvalue weighted by Crippen LogP contribution is -2.45. The van der Waals surface area contributed by atoms with E-state index in [0.29, 0.717) is 0 Å². The van der Waals surface area contributed by atoms with Crippen LogP contribution in [-0.2, 0) is 6.54 Å². The van der Waals surface area contributed by atoms with E-state index in [2.05, 4.69) is 64.4 Å². The Kier molecular flexibility index (Phi) is 6.05. The number of piperazine rings is 1. The highest BCUT2D eigenvalue weighted by Crippen LogP contribution is 2.14. The van der Waals surface area contributed by atoms with Gasteiger partial charge in [-0.3, -0.25) is 9.80 Å². The molecule has 1 heterocycles. The quantitative estimate of drug-likeness (QED) is 0.809. The molecule has 0 amide bonds. The van der Waals surface area contributed by atoms with E-state index < -0.39 is 0 Å². The summed E-state index contributed by atoms with van der Waals surface area (Å²) < 4.78 is 5.22. The average molecular weight is 322 g/mol. The summed E-state index contributed by atoms with van der Waals surface area (Å²) in [5, 5.41) is 0. The number of nitrogens with zero attached hydrogens (tertiary/aromatic N) is 2. The van der Waals surface area contributed by atoms with Crippen molar-refractivity contribution in [1.82, 2.24) is 9.80 Å². The van der Waals surface area contributed by atoms with Crippen molar-refractivity contribution in [2.75, 3.05) is 39.8 Å². The summed E-state index contributed by atoms with van der Waals surface area (Å²) in [4.78, 5) is 5.04. The van der Waals surface area contributed by atoms with Crippen molar-refractivity contribution in [1.29, 1.82) is 0 Å². The fourth-order valence-corrected chi connectivity index (χ4v) is 3.02. The molecule has 1 fully saturated rings. The Morgan fingerprint density at radius 3 is 2.21 bits per heavy atom. The van der Waals surface area contributed by atoms with Crippen molar-refractivity contribution in [2.45, 2.75) is 6.54 Å². The minimum absolute atomic E-state index is 0.925. The molecule has 126 valence electrons. The van der Waals surface area contributed by atoms with Crippen molar-refractivity contribution >= 4 is 6.08 Å². The molecule has 3 heteroatoms. The van der Waals surface area contributed by atoms with Gasteiger partial charge < -0.3 is 4.74 Å². The lowest BCUT2D eigenvalue weighted by atomic mass is 10.2. The van der Waals surface area contributed by atoms with E-state index in [1.54, 1.807) is 7.11 Å². The molecule has 1 saturated heterocycles. The Balaban J connectivity index is 1.41. The molecule has 0 aliphatic carbocycles. The molecule has 0 radical (unpaired) electrons. The highest BCUT2D eigenvalue weighted by Gasteiger charge is 2.15. The second-order valence-electron chi connectivity index (χ2n) is 6.24. The van der Waals surface area contributed by atoms with Crippen LogP contribution < -0.4 is 4.74 Å².